The zero-order valence-corrected chi connectivity index (χ0v) is 9.40. The monoisotopic (exact) mass is 377 g/mol. The number of hydrogen-bond donors (Lipinski definition) is 2. The average molecular weight is 377 g/mol. The summed E-state index contributed by atoms with van der Waals surface area (Å²) in [6, 6.07) is 5.87. The van der Waals surface area contributed by atoms with E-state index in [1.807, 2.05) is 0 Å². The van der Waals surface area contributed by atoms with Crippen molar-refractivity contribution in [3.63, 3.8) is 0 Å². The summed E-state index contributed by atoms with van der Waals surface area (Å²) < 4.78 is 4.44. The average Bonchev–Trinajstić information content (AvgIpc) is 2.20. The first-order chi connectivity index (χ1) is 6.63. The van der Waals surface area contributed by atoms with E-state index < -0.39 is 12.0 Å². The van der Waals surface area contributed by atoms with Gasteiger partial charge in [-0.2, -0.15) is 0 Å². The topological polar surface area (TPSA) is 72.5 Å². The summed E-state index contributed by atoms with van der Waals surface area (Å²) in [6.07, 6.45) is 0.401. The van der Waals surface area contributed by atoms with Crippen molar-refractivity contribution in [1.29, 1.82) is 0 Å². The molecule has 0 aliphatic heterocycles. The number of benzene rings is 1. The molecule has 3 N–H and O–H groups in total. The molecule has 5 heteroatoms. The molecule has 0 radical (unpaired) electrons. The first-order valence-electron chi connectivity index (χ1n) is 3.96. The van der Waals surface area contributed by atoms with Crippen LogP contribution in [0.1, 0.15) is 5.56 Å². The number of aromatic hydroxyl groups is 1. The molecule has 1 atom stereocenters. The minimum absolute atomic E-state index is 0.192. The number of phenolic OH excluding ortho intramolecular Hbond substituents is 1. The van der Waals surface area contributed by atoms with E-state index in [4.69, 9.17) is 10.8 Å². The summed E-state index contributed by atoms with van der Waals surface area (Å²) in [5.41, 5.74) is 6.44. The number of rotatable bonds is 3. The Bertz CT molecular complexity index is 312. The van der Waals surface area contributed by atoms with E-state index in [0.717, 1.165) is 5.56 Å². The standard InChI is InChI=1S/C9H11NO3.Au/c10-8(9(12)13)5-6-1-3-7(11)4-2-6;/h1-4,8,11H,5,10H2,(H,12,13);/q;+1/p-1/t8-;/m0./s1. The molecule has 0 bridgehead atoms. The third kappa shape index (κ3) is 3.16. The van der Waals surface area contributed by atoms with E-state index in [0.29, 0.717) is 6.42 Å². The first kappa shape index (κ1) is 11.3. The van der Waals surface area contributed by atoms with Crippen LogP contribution in [0.15, 0.2) is 24.3 Å². The van der Waals surface area contributed by atoms with Gasteiger partial charge in [-0.15, -0.1) is 0 Å². The minimum atomic E-state index is -0.662. The maximum absolute atomic E-state index is 11.0. The molecule has 0 heterocycles. The Balaban J connectivity index is 2.60. The first-order valence-corrected chi connectivity index (χ1v) is 4.84. The Kier molecular flexibility index (Phi) is 4.16. The molecule has 0 aromatic heterocycles. The van der Waals surface area contributed by atoms with Gasteiger partial charge < -0.3 is 0 Å². The summed E-state index contributed by atoms with van der Waals surface area (Å²) in [5, 5.41) is 9.02. The maximum atomic E-state index is 11.0. The van der Waals surface area contributed by atoms with Crippen molar-refractivity contribution in [3.8, 4) is 5.75 Å². The predicted molar refractivity (Wildman–Crippen MR) is 45.9 cm³/mol. The fourth-order valence-corrected chi connectivity index (χ4v) is 1.34. The normalized spacial score (nSPS) is 12.2. The fraction of sp³-hybridized carbons (Fsp3) is 0.222. The van der Waals surface area contributed by atoms with Gasteiger partial charge in [0.15, 0.2) is 0 Å². The van der Waals surface area contributed by atoms with Gasteiger partial charge in [0.25, 0.3) is 0 Å². The number of carbonyl (C=O) groups excluding carboxylic acids is 1. The van der Waals surface area contributed by atoms with E-state index in [-0.39, 0.29) is 5.75 Å². The van der Waals surface area contributed by atoms with Gasteiger partial charge >= 0.3 is 94.4 Å². The molecule has 0 amide bonds. The van der Waals surface area contributed by atoms with E-state index in [9.17, 15) is 4.79 Å². The molecule has 0 unspecified atom stereocenters. The van der Waals surface area contributed by atoms with Crippen LogP contribution in [0.4, 0.5) is 0 Å². The summed E-state index contributed by atoms with van der Waals surface area (Å²) >= 11 is 1.68. The molecule has 4 nitrogen and oxygen atoms in total. The number of phenols is 1. The summed E-state index contributed by atoms with van der Waals surface area (Å²) in [4.78, 5) is 11.0. The van der Waals surface area contributed by atoms with Crippen LogP contribution in [-0.4, -0.2) is 17.1 Å². The van der Waals surface area contributed by atoms with Crippen LogP contribution in [0.25, 0.3) is 0 Å². The Morgan fingerprint density at radius 2 is 2.07 bits per heavy atom. The number of nitrogens with two attached hydrogens (primary N) is 1. The van der Waals surface area contributed by atoms with Crippen molar-refractivity contribution in [3.05, 3.63) is 29.8 Å². The van der Waals surface area contributed by atoms with Gasteiger partial charge in [0.05, 0.1) is 0 Å². The Morgan fingerprint density at radius 3 is 2.57 bits per heavy atom. The molecule has 14 heavy (non-hydrogen) atoms. The van der Waals surface area contributed by atoms with Crippen LogP contribution in [0.5, 0.6) is 5.75 Å². The molecule has 1 rings (SSSR count). The summed E-state index contributed by atoms with van der Waals surface area (Å²) in [5.74, 6) is -0.265. The summed E-state index contributed by atoms with van der Waals surface area (Å²) in [6.45, 7) is 0. The van der Waals surface area contributed by atoms with Crippen molar-refractivity contribution in [2.24, 2.45) is 5.73 Å². The molecule has 1 aromatic carbocycles. The Morgan fingerprint density at radius 1 is 1.50 bits per heavy atom. The molecule has 0 fully saturated rings. The van der Waals surface area contributed by atoms with E-state index in [2.05, 4.69) is 3.24 Å². The molecular formula is C9H10AuNO3. The SMILES string of the molecule is N[C@@H](Cc1ccc(O)cc1)C(=O)[O][Au]. The predicted octanol–water partition coefficient (Wildman–Crippen LogP) is 0.267. The molecule has 1 aromatic rings. The Labute approximate surface area is 94.5 Å². The van der Waals surface area contributed by atoms with Gasteiger partial charge in [-0.1, -0.05) is 0 Å². The molecule has 0 saturated carbocycles. The van der Waals surface area contributed by atoms with Crippen LogP contribution in [-0.2, 0) is 35.9 Å². The fourth-order valence-electron chi connectivity index (χ4n) is 1.01. The zero-order chi connectivity index (χ0) is 10.6. The second kappa shape index (κ2) is 5.17. The number of hydrogen-bond acceptors (Lipinski definition) is 4. The van der Waals surface area contributed by atoms with Crippen LogP contribution < -0.4 is 5.73 Å². The molecule has 0 saturated heterocycles. The van der Waals surface area contributed by atoms with E-state index in [1.54, 1.807) is 45.7 Å². The van der Waals surface area contributed by atoms with Crippen LogP contribution >= 0.6 is 0 Å². The van der Waals surface area contributed by atoms with E-state index >= 15 is 0 Å². The van der Waals surface area contributed by atoms with Gasteiger partial charge in [-0.3, -0.25) is 0 Å². The zero-order valence-electron chi connectivity index (χ0n) is 7.24. The van der Waals surface area contributed by atoms with Crippen LogP contribution in [0.3, 0.4) is 0 Å². The van der Waals surface area contributed by atoms with Crippen molar-refractivity contribution < 1.29 is 34.6 Å². The van der Waals surface area contributed by atoms with E-state index in [1.165, 1.54) is 0 Å². The second-order valence-electron chi connectivity index (χ2n) is 2.86. The van der Waals surface area contributed by atoms with Gasteiger partial charge in [0.1, 0.15) is 0 Å². The van der Waals surface area contributed by atoms with Crippen molar-refractivity contribution in [2.45, 2.75) is 12.5 Å². The van der Waals surface area contributed by atoms with Gasteiger partial charge in [0, 0.05) is 0 Å². The van der Waals surface area contributed by atoms with Crippen LogP contribution in [0, 0.1) is 0 Å². The third-order valence-corrected chi connectivity index (χ3v) is 2.19. The third-order valence-electron chi connectivity index (χ3n) is 1.76. The van der Waals surface area contributed by atoms with Gasteiger partial charge in [0.2, 0.25) is 0 Å². The summed E-state index contributed by atoms with van der Waals surface area (Å²) in [7, 11) is 0. The number of carbonyl (C=O) groups is 1. The molecule has 0 spiro atoms. The van der Waals surface area contributed by atoms with Crippen LogP contribution in [0.2, 0.25) is 0 Å². The van der Waals surface area contributed by atoms with Gasteiger partial charge in [-0.25, -0.2) is 0 Å². The van der Waals surface area contributed by atoms with Crippen molar-refractivity contribution in [2.75, 3.05) is 0 Å². The van der Waals surface area contributed by atoms with Crippen molar-refractivity contribution in [1.82, 2.24) is 0 Å². The molecular weight excluding hydrogens is 367 g/mol. The molecule has 80 valence electrons. The molecule has 0 aliphatic carbocycles. The Hall–Kier alpha value is -0.810. The van der Waals surface area contributed by atoms with Gasteiger partial charge in [-0.05, 0) is 0 Å². The quantitative estimate of drug-likeness (QED) is 0.742. The second-order valence-corrected chi connectivity index (χ2v) is 3.30. The van der Waals surface area contributed by atoms with Crippen molar-refractivity contribution >= 4 is 5.97 Å². The molecule has 0 aliphatic rings.